The van der Waals surface area contributed by atoms with Crippen LogP contribution in [0, 0.1) is 0 Å². The van der Waals surface area contributed by atoms with Gasteiger partial charge in [-0.2, -0.15) is 0 Å². The summed E-state index contributed by atoms with van der Waals surface area (Å²) in [6, 6.07) is 15.8. The molecule has 0 amide bonds. The Bertz CT molecular complexity index is 1420. The fourth-order valence-corrected chi connectivity index (χ4v) is 4.90. The lowest BCUT2D eigenvalue weighted by Gasteiger charge is -2.28. The zero-order valence-corrected chi connectivity index (χ0v) is 17.6. The second kappa shape index (κ2) is 7.53. The van der Waals surface area contributed by atoms with Gasteiger partial charge in [-0.05, 0) is 35.4 Å². The number of hydrogen-bond donors (Lipinski definition) is 3. The predicted molar refractivity (Wildman–Crippen MR) is 120 cm³/mol. The molecular weight excluding hydrogens is 422 g/mol. The first kappa shape index (κ1) is 19.6. The predicted octanol–water partition coefficient (Wildman–Crippen LogP) is 3.10. The zero-order chi connectivity index (χ0) is 22.5. The molecule has 4 aromatic rings. The minimum Gasteiger partial charge on any atom is -0.480 e. The van der Waals surface area contributed by atoms with Crippen molar-refractivity contribution in [3.8, 4) is 11.5 Å². The Hall–Kier alpha value is -4.04. The minimum absolute atomic E-state index is 0.0290. The normalized spacial score (nSPS) is 15.9. The molecule has 8 nitrogen and oxygen atoms in total. The molecule has 0 bridgehead atoms. The van der Waals surface area contributed by atoms with E-state index >= 15 is 0 Å². The summed E-state index contributed by atoms with van der Waals surface area (Å²) in [6.45, 7) is -0.0786. The molecule has 6 rings (SSSR count). The van der Waals surface area contributed by atoms with Crippen molar-refractivity contribution in [1.29, 1.82) is 0 Å². The van der Waals surface area contributed by atoms with Crippen LogP contribution in [0.3, 0.4) is 0 Å². The van der Waals surface area contributed by atoms with Crippen molar-refractivity contribution in [3.63, 3.8) is 0 Å². The standard InChI is InChI=1S/C25H21N3O5/c29-20(11-26-12-23(30)31)16-7-8-28-19(16)10-17-15-3-1-2-4-18(15)27-24(17)25(28)14-5-6-21-22(9-14)33-13-32-21/h1-9,25-27H,10-13H2,(H,30,31). The van der Waals surface area contributed by atoms with Gasteiger partial charge in [0.05, 0.1) is 19.1 Å². The molecule has 166 valence electrons. The number of nitrogens with zero attached hydrogens (tertiary/aromatic N) is 1. The highest BCUT2D eigenvalue weighted by Crippen LogP contribution is 2.43. The van der Waals surface area contributed by atoms with Crippen molar-refractivity contribution in [1.82, 2.24) is 14.9 Å². The van der Waals surface area contributed by atoms with Crippen molar-refractivity contribution < 1.29 is 24.2 Å². The summed E-state index contributed by atoms with van der Waals surface area (Å²) >= 11 is 0. The van der Waals surface area contributed by atoms with Crippen LogP contribution in [-0.4, -0.2) is 46.3 Å². The van der Waals surface area contributed by atoms with Gasteiger partial charge in [0.15, 0.2) is 17.3 Å². The molecular formula is C25H21N3O5. The van der Waals surface area contributed by atoms with E-state index in [1.165, 1.54) is 0 Å². The lowest BCUT2D eigenvalue weighted by molar-refractivity contribution is -0.135. The average molecular weight is 443 g/mol. The van der Waals surface area contributed by atoms with E-state index in [9.17, 15) is 9.59 Å². The number of carboxylic acid groups (broad SMARTS) is 1. The molecule has 8 heteroatoms. The first-order valence-corrected chi connectivity index (χ1v) is 10.7. The van der Waals surface area contributed by atoms with Crippen LogP contribution in [0.5, 0.6) is 11.5 Å². The number of para-hydroxylation sites is 1. The smallest absolute Gasteiger partial charge is 0.317 e. The second-order valence-corrected chi connectivity index (χ2v) is 8.26. The number of hydrogen-bond acceptors (Lipinski definition) is 5. The van der Waals surface area contributed by atoms with Crippen LogP contribution in [-0.2, 0) is 11.2 Å². The molecule has 1 unspecified atom stereocenters. The molecule has 2 aliphatic rings. The van der Waals surface area contributed by atoms with Gasteiger partial charge in [0.1, 0.15) is 0 Å². The quantitative estimate of drug-likeness (QED) is 0.348. The number of aliphatic carboxylic acids is 1. The third kappa shape index (κ3) is 3.18. The van der Waals surface area contributed by atoms with E-state index < -0.39 is 5.97 Å². The molecule has 0 aliphatic carbocycles. The Balaban J connectivity index is 1.47. The molecule has 1 atom stereocenters. The topological polar surface area (TPSA) is 106 Å². The van der Waals surface area contributed by atoms with Crippen molar-refractivity contribution >= 4 is 22.7 Å². The van der Waals surface area contributed by atoms with Gasteiger partial charge in [-0.15, -0.1) is 0 Å². The van der Waals surface area contributed by atoms with Gasteiger partial charge in [-0.25, -0.2) is 0 Å². The van der Waals surface area contributed by atoms with Crippen molar-refractivity contribution in [2.75, 3.05) is 19.9 Å². The Morgan fingerprint density at radius 3 is 2.82 bits per heavy atom. The SMILES string of the molecule is O=C(O)CNCC(=O)c1ccn2c1Cc1c([nH]c3ccccc13)C2c1ccc2c(c1)OCO2. The first-order valence-electron chi connectivity index (χ1n) is 10.7. The number of aromatic nitrogens is 2. The molecule has 0 saturated heterocycles. The van der Waals surface area contributed by atoms with Gasteiger partial charge < -0.3 is 24.1 Å². The van der Waals surface area contributed by atoms with E-state index in [2.05, 4.69) is 27.0 Å². The maximum Gasteiger partial charge on any atom is 0.317 e. The molecule has 33 heavy (non-hydrogen) atoms. The highest BCUT2D eigenvalue weighted by molar-refractivity contribution is 5.99. The molecule has 2 aromatic heterocycles. The number of carbonyl (C=O) groups is 2. The molecule has 0 fully saturated rings. The number of carboxylic acids is 1. The number of H-pyrrole nitrogens is 1. The Morgan fingerprint density at radius 2 is 1.94 bits per heavy atom. The minimum atomic E-state index is -0.993. The summed E-state index contributed by atoms with van der Waals surface area (Å²) < 4.78 is 13.2. The van der Waals surface area contributed by atoms with Crippen molar-refractivity contribution in [2.24, 2.45) is 0 Å². The maximum atomic E-state index is 13.0. The summed E-state index contributed by atoms with van der Waals surface area (Å²) in [5.74, 6) is 0.309. The van der Waals surface area contributed by atoms with Crippen LogP contribution < -0.4 is 14.8 Å². The summed E-state index contributed by atoms with van der Waals surface area (Å²) in [6.07, 6.45) is 2.54. The van der Waals surface area contributed by atoms with E-state index in [0.29, 0.717) is 17.7 Å². The van der Waals surface area contributed by atoms with Crippen LogP contribution in [0.25, 0.3) is 10.9 Å². The van der Waals surface area contributed by atoms with Crippen LogP contribution >= 0.6 is 0 Å². The zero-order valence-electron chi connectivity index (χ0n) is 17.6. The van der Waals surface area contributed by atoms with E-state index in [1.807, 2.05) is 42.6 Å². The number of rotatable bonds is 6. The first-order chi connectivity index (χ1) is 16.1. The summed E-state index contributed by atoms with van der Waals surface area (Å²) in [5.41, 5.74) is 5.83. The molecule has 4 heterocycles. The average Bonchev–Trinajstić information content (AvgIpc) is 3.53. The van der Waals surface area contributed by atoms with Gasteiger partial charge in [-0.1, -0.05) is 24.3 Å². The number of nitrogens with one attached hydrogen (secondary N) is 2. The van der Waals surface area contributed by atoms with Gasteiger partial charge in [0.25, 0.3) is 0 Å². The van der Waals surface area contributed by atoms with E-state index in [0.717, 1.165) is 39.2 Å². The van der Waals surface area contributed by atoms with E-state index in [4.69, 9.17) is 14.6 Å². The summed E-state index contributed by atoms with van der Waals surface area (Å²) in [5, 5.41) is 12.7. The number of ether oxygens (including phenoxy) is 2. The molecule has 0 radical (unpaired) electrons. The fourth-order valence-electron chi connectivity index (χ4n) is 4.90. The number of aromatic amines is 1. The van der Waals surface area contributed by atoms with E-state index in [1.54, 1.807) is 0 Å². The third-order valence-corrected chi connectivity index (χ3v) is 6.34. The Labute approximate surface area is 188 Å². The molecule has 2 aromatic carbocycles. The Morgan fingerprint density at radius 1 is 1.09 bits per heavy atom. The monoisotopic (exact) mass is 443 g/mol. The van der Waals surface area contributed by atoms with Crippen LogP contribution in [0.15, 0.2) is 54.7 Å². The maximum absolute atomic E-state index is 13.0. The van der Waals surface area contributed by atoms with Gasteiger partial charge in [0, 0.05) is 40.5 Å². The Kier molecular flexibility index (Phi) is 4.48. The van der Waals surface area contributed by atoms with Crippen LogP contribution in [0.2, 0.25) is 0 Å². The molecule has 0 spiro atoms. The fraction of sp³-hybridized carbons (Fsp3) is 0.200. The lowest BCUT2D eigenvalue weighted by Crippen LogP contribution is -2.29. The summed E-state index contributed by atoms with van der Waals surface area (Å²) in [7, 11) is 0. The number of Topliss-reactive ketones (excluding diaryl/α,β-unsaturated/α-hetero) is 1. The van der Waals surface area contributed by atoms with Gasteiger partial charge >= 0.3 is 5.97 Å². The second-order valence-electron chi connectivity index (χ2n) is 8.26. The van der Waals surface area contributed by atoms with Crippen molar-refractivity contribution in [2.45, 2.75) is 12.5 Å². The molecule has 2 aliphatic heterocycles. The number of benzene rings is 2. The van der Waals surface area contributed by atoms with Crippen LogP contribution in [0.4, 0.5) is 0 Å². The largest absolute Gasteiger partial charge is 0.480 e. The molecule has 3 N–H and O–H groups in total. The van der Waals surface area contributed by atoms with E-state index in [-0.39, 0.29) is 31.7 Å². The van der Waals surface area contributed by atoms with Gasteiger partial charge in [0.2, 0.25) is 6.79 Å². The number of fused-ring (bicyclic) bond motifs is 5. The molecule has 0 saturated carbocycles. The third-order valence-electron chi connectivity index (χ3n) is 6.34. The number of carbonyl (C=O) groups excluding carboxylic acids is 1. The summed E-state index contributed by atoms with van der Waals surface area (Å²) in [4.78, 5) is 27.4. The van der Waals surface area contributed by atoms with Gasteiger partial charge in [-0.3, -0.25) is 14.9 Å². The van der Waals surface area contributed by atoms with Crippen molar-refractivity contribution in [3.05, 3.63) is 82.8 Å². The lowest BCUT2D eigenvalue weighted by atomic mass is 9.91. The van der Waals surface area contributed by atoms with Crippen LogP contribution in [0.1, 0.15) is 38.9 Å². The highest BCUT2D eigenvalue weighted by atomic mass is 16.7. The highest BCUT2D eigenvalue weighted by Gasteiger charge is 2.33. The number of ketones is 1.